The molecule has 0 aliphatic heterocycles. The summed E-state index contributed by atoms with van der Waals surface area (Å²) in [5.74, 6) is 0. The first-order chi connectivity index (χ1) is 12.0. The van der Waals surface area contributed by atoms with E-state index in [1.54, 1.807) is 13.3 Å². The van der Waals surface area contributed by atoms with Crippen LogP contribution in [-0.2, 0) is 4.74 Å². The Morgan fingerprint density at radius 1 is 1.44 bits per heavy atom. The third-order valence-electron chi connectivity index (χ3n) is 3.05. The molecule has 9 heteroatoms. The maximum atomic E-state index is 6.15. The molecule has 0 aliphatic carbocycles. The molecule has 0 amide bonds. The number of anilines is 2. The largest absolute Gasteiger partial charge is 0.383 e. The lowest BCUT2D eigenvalue weighted by Gasteiger charge is -2.13. The molecule has 0 unspecified atom stereocenters. The van der Waals surface area contributed by atoms with E-state index in [9.17, 15) is 0 Å². The van der Waals surface area contributed by atoms with Crippen molar-refractivity contribution < 1.29 is 4.74 Å². The summed E-state index contributed by atoms with van der Waals surface area (Å²) < 4.78 is 5.03. The van der Waals surface area contributed by atoms with Gasteiger partial charge in [0.1, 0.15) is 0 Å². The van der Waals surface area contributed by atoms with E-state index in [0.29, 0.717) is 22.0 Å². The first-order valence-electron chi connectivity index (χ1n) is 7.56. The SMILES string of the molecule is COC[C@H](C)NC(=S)N/N=C/c1sc(Nc2ccc(C)cc2)nc1Cl. The molecule has 134 valence electrons. The van der Waals surface area contributed by atoms with Gasteiger partial charge in [0.05, 0.1) is 17.7 Å². The summed E-state index contributed by atoms with van der Waals surface area (Å²) in [4.78, 5) is 5.02. The highest BCUT2D eigenvalue weighted by Gasteiger charge is 2.08. The molecule has 1 heterocycles. The number of rotatable bonds is 7. The number of aromatic nitrogens is 1. The Balaban J connectivity index is 1.91. The van der Waals surface area contributed by atoms with Crippen molar-refractivity contribution in [2.75, 3.05) is 19.0 Å². The quantitative estimate of drug-likeness (QED) is 0.376. The van der Waals surface area contributed by atoms with Crippen LogP contribution in [0.15, 0.2) is 29.4 Å². The number of nitrogens with zero attached hydrogens (tertiary/aromatic N) is 2. The van der Waals surface area contributed by atoms with E-state index in [2.05, 4.69) is 26.1 Å². The molecule has 1 aromatic heterocycles. The zero-order valence-electron chi connectivity index (χ0n) is 14.2. The Kier molecular flexibility index (Phi) is 7.57. The molecule has 0 bridgehead atoms. The number of methoxy groups -OCH3 is 1. The molecule has 6 nitrogen and oxygen atoms in total. The van der Waals surface area contributed by atoms with E-state index < -0.39 is 0 Å². The van der Waals surface area contributed by atoms with Gasteiger partial charge in [0.15, 0.2) is 15.4 Å². The van der Waals surface area contributed by atoms with Crippen molar-refractivity contribution in [2.45, 2.75) is 19.9 Å². The second-order valence-corrected chi connectivity index (χ2v) is 7.16. The van der Waals surface area contributed by atoms with Crippen LogP contribution in [0.3, 0.4) is 0 Å². The minimum Gasteiger partial charge on any atom is -0.383 e. The van der Waals surface area contributed by atoms with Gasteiger partial charge in [-0.25, -0.2) is 4.98 Å². The lowest BCUT2D eigenvalue weighted by Crippen LogP contribution is -2.40. The molecule has 1 aromatic carbocycles. The molecule has 0 saturated carbocycles. The van der Waals surface area contributed by atoms with Crippen LogP contribution in [0.25, 0.3) is 0 Å². The molecule has 3 N–H and O–H groups in total. The van der Waals surface area contributed by atoms with Crippen molar-refractivity contribution in [3.05, 3.63) is 39.9 Å². The second-order valence-electron chi connectivity index (χ2n) is 5.36. The number of hydrazone groups is 1. The molecule has 0 radical (unpaired) electrons. The van der Waals surface area contributed by atoms with Crippen molar-refractivity contribution in [1.29, 1.82) is 0 Å². The number of hydrogen-bond acceptors (Lipinski definition) is 6. The highest BCUT2D eigenvalue weighted by atomic mass is 35.5. The van der Waals surface area contributed by atoms with Gasteiger partial charge in [-0.2, -0.15) is 5.10 Å². The molecule has 1 atom stereocenters. The number of nitrogens with one attached hydrogen (secondary N) is 3. The van der Waals surface area contributed by atoms with Gasteiger partial charge in [-0.15, -0.1) is 0 Å². The number of thiazole rings is 1. The predicted molar refractivity (Wildman–Crippen MR) is 109 cm³/mol. The first kappa shape index (κ1) is 19.6. The normalized spacial score (nSPS) is 12.2. The van der Waals surface area contributed by atoms with E-state index in [-0.39, 0.29) is 6.04 Å². The number of halogens is 1. The van der Waals surface area contributed by atoms with Crippen molar-refractivity contribution in [2.24, 2.45) is 5.10 Å². The molecule has 0 fully saturated rings. The summed E-state index contributed by atoms with van der Waals surface area (Å²) >= 11 is 12.7. The minimum absolute atomic E-state index is 0.0949. The third kappa shape index (κ3) is 6.58. The monoisotopic (exact) mass is 397 g/mol. The summed E-state index contributed by atoms with van der Waals surface area (Å²) in [6.07, 6.45) is 1.59. The fourth-order valence-corrected chi connectivity index (χ4v) is 3.21. The molecule has 2 rings (SSSR count). The average Bonchev–Trinajstić information content (AvgIpc) is 2.89. The van der Waals surface area contributed by atoms with E-state index in [0.717, 1.165) is 10.6 Å². The Hall–Kier alpha value is -1.74. The van der Waals surface area contributed by atoms with Gasteiger partial charge in [-0.1, -0.05) is 40.6 Å². The van der Waals surface area contributed by atoms with Crippen LogP contribution in [0.4, 0.5) is 10.8 Å². The number of hydrogen-bond donors (Lipinski definition) is 3. The molecule has 0 aliphatic rings. The fraction of sp³-hybridized carbons (Fsp3) is 0.312. The molecule has 25 heavy (non-hydrogen) atoms. The van der Waals surface area contributed by atoms with E-state index in [1.165, 1.54) is 16.9 Å². The van der Waals surface area contributed by atoms with Gasteiger partial charge in [-0.3, -0.25) is 5.43 Å². The van der Waals surface area contributed by atoms with Gasteiger partial charge in [0.2, 0.25) is 0 Å². The van der Waals surface area contributed by atoms with E-state index in [1.807, 2.05) is 38.1 Å². The van der Waals surface area contributed by atoms with Crippen molar-refractivity contribution in [3.63, 3.8) is 0 Å². The smallest absolute Gasteiger partial charge is 0.189 e. The zero-order chi connectivity index (χ0) is 18.2. The highest BCUT2D eigenvalue weighted by molar-refractivity contribution is 7.80. The standard InChI is InChI=1S/C16H20ClN5OS2/c1-10-4-6-12(7-5-10)20-16-21-14(17)13(25-16)8-18-22-15(24)19-11(2)9-23-3/h4-8,11H,9H2,1-3H3,(H,20,21)(H2,19,22,24)/b18-8+/t11-/m0/s1. The maximum Gasteiger partial charge on any atom is 0.189 e. The lowest BCUT2D eigenvalue weighted by molar-refractivity contribution is 0.179. The Morgan fingerprint density at radius 2 is 2.16 bits per heavy atom. The highest BCUT2D eigenvalue weighted by Crippen LogP contribution is 2.27. The minimum atomic E-state index is 0.0949. The van der Waals surface area contributed by atoms with Crippen LogP contribution in [0.5, 0.6) is 0 Å². The number of benzene rings is 1. The van der Waals surface area contributed by atoms with Gasteiger partial charge < -0.3 is 15.4 Å². The molecule has 2 aromatic rings. The Morgan fingerprint density at radius 3 is 2.84 bits per heavy atom. The zero-order valence-corrected chi connectivity index (χ0v) is 16.6. The molecule has 0 spiro atoms. The Bertz CT molecular complexity index is 733. The fourth-order valence-electron chi connectivity index (χ4n) is 1.90. The van der Waals surface area contributed by atoms with Gasteiger partial charge in [0, 0.05) is 18.8 Å². The summed E-state index contributed by atoms with van der Waals surface area (Å²) in [6.45, 7) is 4.56. The summed E-state index contributed by atoms with van der Waals surface area (Å²) in [5.41, 5.74) is 4.90. The first-order valence-corrected chi connectivity index (χ1v) is 9.16. The number of aryl methyl sites for hydroxylation is 1. The number of thiocarbonyl (C=S) groups is 1. The van der Waals surface area contributed by atoms with Crippen LogP contribution in [0.1, 0.15) is 17.4 Å². The lowest BCUT2D eigenvalue weighted by atomic mass is 10.2. The summed E-state index contributed by atoms with van der Waals surface area (Å²) in [7, 11) is 1.64. The number of ether oxygens (including phenoxy) is 1. The van der Waals surface area contributed by atoms with Crippen molar-refractivity contribution in [3.8, 4) is 0 Å². The maximum absolute atomic E-state index is 6.15. The third-order valence-corrected chi connectivity index (χ3v) is 4.57. The second kappa shape index (κ2) is 9.67. The van der Waals surface area contributed by atoms with E-state index >= 15 is 0 Å². The van der Waals surface area contributed by atoms with Crippen molar-refractivity contribution in [1.82, 2.24) is 15.7 Å². The predicted octanol–water partition coefficient (Wildman–Crippen LogP) is 3.68. The Labute approximate surface area is 161 Å². The van der Waals surface area contributed by atoms with Crippen LogP contribution in [0.2, 0.25) is 5.15 Å². The van der Waals surface area contributed by atoms with Crippen molar-refractivity contribution >= 4 is 57.3 Å². The molecular weight excluding hydrogens is 378 g/mol. The van der Waals surface area contributed by atoms with Crippen LogP contribution in [0, 0.1) is 6.92 Å². The topological polar surface area (TPSA) is 70.6 Å². The van der Waals surface area contributed by atoms with Crippen LogP contribution < -0.4 is 16.1 Å². The van der Waals surface area contributed by atoms with Gasteiger partial charge in [0.25, 0.3) is 0 Å². The van der Waals surface area contributed by atoms with E-state index in [4.69, 9.17) is 28.6 Å². The average molecular weight is 398 g/mol. The summed E-state index contributed by atoms with van der Waals surface area (Å²) in [5, 5.41) is 11.9. The van der Waals surface area contributed by atoms with Gasteiger partial charge in [-0.05, 0) is 38.2 Å². The summed E-state index contributed by atoms with van der Waals surface area (Å²) in [6, 6.07) is 8.14. The van der Waals surface area contributed by atoms with Crippen LogP contribution >= 0.6 is 35.2 Å². The molecular formula is C16H20ClN5OS2. The van der Waals surface area contributed by atoms with Gasteiger partial charge >= 0.3 is 0 Å². The molecule has 0 saturated heterocycles. The van der Waals surface area contributed by atoms with Crippen LogP contribution in [-0.4, -0.2) is 36.1 Å².